The van der Waals surface area contributed by atoms with Crippen molar-refractivity contribution in [1.82, 2.24) is 4.98 Å². The molecule has 0 atom stereocenters. The molecule has 2 aromatic rings. The summed E-state index contributed by atoms with van der Waals surface area (Å²) in [5.41, 5.74) is 0.325. The van der Waals surface area contributed by atoms with E-state index >= 15 is 0 Å². The van der Waals surface area contributed by atoms with Crippen molar-refractivity contribution in [3.63, 3.8) is 0 Å². The van der Waals surface area contributed by atoms with E-state index in [1.54, 1.807) is 18.4 Å². The zero-order chi connectivity index (χ0) is 13.2. The minimum absolute atomic E-state index is 0.325. The van der Waals surface area contributed by atoms with Crippen LogP contribution in [0.4, 0.5) is 5.88 Å². The molecule has 1 N–H and O–H groups in total. The third-order valence-electron chi connectivity index (χ3n) is 3.35. The number of aromatic nitrogens is 1. The van der Waals surface area contributed by atoms with Crippen molar-refractivity contribution in [2.24, 2.45) is 0 Å². The average Bonchev–Trinajstić information content (AvgIpc) is 3.08. The summed E-state index contributed by atoms with van der Waals surface area (Å²) in [5.74, 6) is 1.46. The molecule has 1 aliphatic heterocycles. The van der Waals surface area contributed by atoms with E-state index in [9.17, 15) is 5.26 Å². The largest absolute Gasteiger partial charge is 0.459 e. The summed E-state index contributed by atoms with van der Waals surface area (Å²) in [5, 5.41) is 9.18. The summed E-state index contributed by atoms with van der Waals surface area (Å²) in [7, 11) is 2.16. The standard InChI is InChI=1S/C13H14N4O2/c1-16-4-6-17(7-5-16)13-10(9-14)15-12(19-13)11-3-2-8-18-11/h2-3,8H,4-7H2,1H3/p+1. The summed E-state index contributed by atoms with van der Waals surface area (Å²) in [6, 6.07) is 5.63. The Morgan fingerprint density at radius 3 is 2.84 bits per heavy atom. The van der Waals surface area contributed by atoms with Crippen LogP contribution in [0.15, 0.2) is 27.2 Å². The Hall–Kier alpha value is -2.26. The number of nitrogens with one attached hydrogen (secondary N) is 1. The highest BCUT2D eigenvalue weighted by Gasteiger charge is 2.25. The predicted octanol–water partition coefficient (Wildman–Crippen LogP) is 0.141. The topological polar surface area (TPSA) is 70.6 Å². The summed E-state index contributed by atoms with van der Waals surface area (Å²) in [4.78, 5) is 7.76. The van der Waals surface area contributed by atoms with Crippen molar-refractivity contribution < 1.29 is 13.7 Å². The van der Waals surface area contributed by atoms with Crippen LogP contribution in [-0.2, 0) is 0 Å². The van der Waals surface area contributed by atoms with Crippen molar-refractivity contribution in [3.05, 3.63) is 24.1 Å². The number of nitriles is 1. The maximum atomic E-state index is 9.18. The Morgan fingerprint density at radius 1 is 1.42 bits per heavy atom. The van der Waals surface area contributed by atoms with Crippen LogP contribution in [0.25, 0.3) is 11.7 Å². The molecular weight excluding hydrogens is 244 g/mol. The van der Waals surface area contributed by atoms with Crippen molar-refractivity contribution in [2.75, 3.05) is 38.1 Å². The number of furan rings is 1. The summed E-state index contributed by atoms with van der Waals surface area (Å²) in [6.07, 6.45) is 1.56. The molecule has 6 nitrogen and oxygen atoms in total. The number of rotatable bonds is 2. The molecular formula is C13H15N4O2+. The van der Waals surface area contributed by atoms with E-state index in [4.69, 9.17) is 8.83 Å². The Labute approximate surface area is 110 Å². The second kappa shape index (κ2) is 4.78. The van der Waals surface area contributed by atoms with Crippen LogP contribution in [0.1, 0.15) is 5.69 Å². The highest BCUT2D eigenvalue weighted by molar-refractivity contribution is 5.55. The predicted molar refractivity (Wildman–Crippen MR) is 67.8 cm³/mol. The highest BCUT2D eigenvalue weighted by Crippen LogP contribution is 2.28. The van der Waals surface area contributed by atoms with Gasteiger partial charge in [-0.05, 0) is 12.1 Å². The van der Waals surface area contributed by atoms with Crippen LogP contribution in [0, 0.1) is 11.3 Å². The molecule has 6 heteroatoms. The molecule has 3 rings (SSSR count). The van der Waals surface area contributed by atoms with E-state index in [1.165, 1.54) is 4.90 Å². The number of anilines is 1. The normalized spacial score (nSPS) is 16.5. The van der Waals surface area contributed by atoms with E-state index in [1.807, 2.05) is 0 Å². The van der Waals surface area contributed by atoms with E-state index in [2.05, 4.69) is 23.0 Å². The van der Waals surface area contributed by atoms with Gasteiger partial charge in [0.1, 0.15) is 6.07 Å². The maximum Gasteiger partial charge on any atom is 0.266 e. The van der Waals surface area contributed by atoms with Crippen molar-refractivity contribution in [1.29, 1.82) is 5.26 Å². The van der Waals surface area contributed by atoms with E-state index in [0.717, 1.165) is 26.2 Å². The lowest BCUT2D eigenvalue weighted by atomic mass is 10.3. The van der Waals surface area contributed by atoms with Gasteiger partial charge in [0.25, 0.3) is 5.89 Å². The highest BCUT2D eigenvalue weighted by atomic mass is 16.4. The van der Waals surface area contributed by atoms with E-state index in [-0.39, 0.29) is 0 Å². The molecule has 2 aromatic heterocycles. The number of quaternary nitrogens is 1. The van der Waals surface area contributed by atoms with E-state index < -0.39 is 0 Å². The molecule has 0 unspecified atom stereocenters. The molecule has 19 heavy (non-hydrogen) atoms. The Bertz CT molecular complexity index is 589. The fourth-order valence-electron chi connectivity index (χ4n) is 2.20. The third-order valence-corrected chi connectivity index (χ3v) is 3.35. The van der Waals surface area contributed by atoms with Crippen LogP contribution in [-0.4, -0.2) is 38.2 Å². The third kappa shape index (κ3) is 2.20. The lowest BCUT2D eigenvalue weighted by molar-refractivity contribution is -0.880. The summed E-state index contributed by atoms with van der Waals surface area (Å²) in [6.45, 7) is 3.80. The lowest BCUT2D eigenvalue weighted by Crippen LogP contribution is -3.12. The van der Waals surface area contributed by atoms with Gasteiger partial charge in [0.2, 0.25) is 11.6 Å². The number of likely N-dealkylation sites (N-methyl/N-ethyl adjacent to an activating group) is 1. The summed E-state index contributed by atoms with van der Waals surface area (Å²) < 4.78 is 11.0. The molecule has 0 aromatic carbocycles. The first-order valence-corrected chi connectivity index (χ1v) is 6.29. The minimum atomic E-state index is 0.325. The van der Waals surface area contributed by atoms with Gasteiger partial charge in [-0.1, -0.05) is 0 Å². The Kier molecular flexibility index (Phi) is 2.97. The number of oxazole rings is 1. The van der Waals surface area contributed by atoms with Gasteiger partial charge in [-0.3, -0.25) is 0 Å². The SMILES string of the molecule is C[NH+]1CCN(c2oc(-c3ccco3)nc2C#N)CC1. The van der Waals surface area contributed by atoms with Gasteiger partial charge in [0, 0.05) is 0 Å². The minimum Gasteiger partial charge on any atom is -0.459 e. The van der Waals surface area contributed by atoms with Crippen molar-refractivity contribution >= 4 is 5.88 Å². The van der Waals surface area contributed by atoms with Gasteiger partial charge in [-0.2, -0.15) is 10.2 Å². The van der Waals surface area contributed by atoms with Gasteiger partial charge in [-0.25, -0.2) is 0 Å². The quantitative estimate of drug-likeness (QED) is 0.830. The first kappa shape index (κ1) is 11.8. The van der Waals surface area contributed by atoms with Gasteiger partial charge in [0.15, 0.2) is 5.76 Å². The van der Waals surface area contributed by atoms with Gasteiger partial charge in [0.05, 0.1) is 39.5 Å². The molecule has 0 amide bonds. The summed E-state index contributed by atoms with van der Waals surface area (Å²) >= 11 is 0. The van der Waals surface area contributed by atoms with Crippen LogP contribution in [0.2, 0.25) is 0 Å². The number of piperazine rings is 1. The molecule has 0 spiro atoms. The molecule has 1 fully saturated rings. The Balaban J connectivity index is 1.91. The molecule has 3 heterocycles. The fourth-order valence-corrected chi connectivity index (χ4v) is 2.20. The van der Waals surface area contributed by atoms with Crippen LogP contribution in [0.5, 0.6) is 0 Å². The zero-order valence-electron chi connectivity index (χ0n) is 10.7. The molecule has 98 valence electrons. The molecule has 0 radical (unpaired) electrons. The fraction of sp³-hybridized carbons (Fsp3) is 0.385. The number of hydrogen-bond donors (Lipinski definition) is 1. The molecule has 0 aliphatic carbocycles. The smallest absolute Gasteiger partial charge is 0.266 e. The number of hydrogen-bond acceptors (Lipinski definition) is 5. The average molecular weight is 259 g/mol. The molecule has 1 saturated heterocycles. The van der Waals surface area contributed by atoms with Crippen molar-refractivity contribution in [3.8, 4) is 17.7 Å². The van der Waals surface area contributed by atoms with Crippen LogP contribution >= 0.6 is 0 Å². The monoisotopic (exact) mass is 259 g/mol. The first-order valence-electron chi connectivity index (χ1n) is 6.29. The Morgan fingerprint density at radius 2 is 2.21 bits per heavy atom. The number of nitrogens with zero attached hydrogens (tertiary/aromatic N) is 3. The second-order valence-electron chi connectivity index (χ2n) is 4.71. The second-order valence-corrected chi connectivity index (χ2v) is 4.71. The van der Waals surface area contributed by atoms with Crippen LogP contribution in [0.3, 0.4) is 0 Å². The first-order chi connectivity index (χ1) is 9.28. The van der Waals surface area contributed by atoms with Gasteiger partial charge < -0.3 is 18.6 Å². The van der Waals surface area contributed by atoms with Gasteiger partial charge in [-0.15, -0.1) is 0 Å². The zero-order valence-corrected chi connectivity index (χ0v) is 10.7. The molecule has 0 bridgehead atoms. The van der Waals surface area contributed by atoms with E-state index in [0.29, 0.717) is 23.2 Å². The van der Waals surface area contributed by atoms with Crippen molar-refractivity contribution in [2.45, 2.75) is 0 Å². The molecule has 1 aliphatic rings. The van der Waals surface area contributed by atoms with Gasteiger partial charge >= 0.3 is 0 Å². The molecule has 0 saturated carbocycles. The van der Waals surface area contributed by atoms with Crippen LogP contribution < -0.4 is 9.80 Å². The maximum absolute atomic E-state index is 9.18. The lowest BCUT2D eigenvalue weighted by Gasteiger charge is -2.29.